The van der Waals surface area contributed by atoms with Gasteiger partial charge >= 0.3 is 0 Å². The molecular formula is C21H25ClN6O. The SMILES string of the molecule is CN1CCCC1C(=O)Nc1ncnc2c1c(-c1ccc(Cl)cc1)nn2C(C)(C)C. The Hall–Kier alpha value is -2.51. The highest BCUT2D eigenvalue weighted by Gasteiger charge is 2.30. The van der Waals surface area contributed by atoms with Crippen LogP contribution in [0.15, 0.2) is 30.6 Å². The van der Waals surface area contributed by atoms with Crippen molar-refractivity contribution in [1.29, 1.82) is 0 Å². The van der Waals surface area contributed by atoms with Gasteiger partial charge in [0.2, 0.25) is 5.91 Å². The van der Waals surface area contributed by atoms with Crippen LogP contribution in [0.2, 0.25) is 5.02 Å². The first kappa shape index (κ1) is 19.8. The van der Waals surface area contributed by atoms with Crippen molar-refractivity contribution < 1.29 is 4.79 Å². The summed E-state index contributed by atoms with van der Waals surface area (Å²) >= 11 is 6.07. The van der Waals surface area contributed by atoms with Crippen molar-refractivity contribution in [3.8, 4) is 11.3 Å². The number of likely N-dealkylation sites (N-methyl/N-ethyl adjacent to an activating group) is 1. The molecule has 0 bridgehead atoms. The quantitative estimate of drug-likeness (QED) is 0.705. The van der Waals surface area contributed by atoms with Crippen LogP contribution in [0.4, 0.5) is 5.82 Å². The van der Waals surface area contributed by atoms with Crippen molar-refractivity contribution in [2.24, 2.45) is 0 Å². The molecule has 0 spiro atoms. The van der Waals surface area contributed by atoms with E-state index in [9.17, 15) is 4.79 Å². The fourth-order valence-corrected chi connectivity index (χ4v) is 3.89. The maximum Gasteiger partial charge on any atom is 0.242 e. The lowest BCUT2D eigenvalue weighted by atomic mass is 10.1. The van der Waals surface area contributed by atoms with E-state index in [2.05, 4.69) is 41.0 Å². The van der Waals surface area contributed by atoms with Crippen LogP contribution in [-0.2, 0) is 10.3 Å². The molecule has 0 aliphatic carbocycles. The van der Waals surface area contributed by atoms with E-state index in [0.717, 1.165) is 36.0 Å². The van der Waals surface area contributed by atoms with E-state index in [1.54, 1.807) is 0 Å². The van der Waals surface area contributed by atoms with Crippen LogP contribution in [0.3, 0.4) is 0 Å². The van der Waals surface area contributed by atoms with Crippen LogP contribution < -0.4 is 5.32 Å². The molecule has 1 amide bonds. The summed E-state index contributed by atoms with van der Waals surface area (Å²) in [6, 6.07) is 7.35. The molecule has 1 aliphatic heterocycles. The number of carbonyl (C=O) groups excluding carboxylic acids is 1. The Labute approximate surface area is 175 Å². The average Bonchev–Trinajstić information content (AvgIpc) is 3.26. The number of nitrogens with one attached hydrogen (secondary N) is 1. The molecule has 3 aromatic rings. The Bertz CT molecular complexity index is 1050. The van der Waals surface area contributed by atoms with E-state index >= 15 is 0 Å². The van der Waals surface area contributed by atoms with Crippen molar-refractivity contribution in [1.82, 2.24) is 24.6 Å². The van der Waals surface area contributed by atoms with Gasteiger partial charge in [-0.25, -0.2) is 14.6 Å². The van der Waals surface area contributed by atoms with Crippen LogP contribution in [0.1, 0.15) is 33.6 Å². The van der Waals surface area contributed by atoms with Gasteiger partial charge in [-0.05, 0) is 59.3 Å². The number of rotatable bonds is 3. The van der Waals surface area contributed by atoms with Crippen molar-refractivity contribution >= 4 is 34.4 Å². The maximum atomic E-state index is 12.9. The van der Waals surface area contributed by atoms with E-state index in [1.807, 2.05) is 36.0 Å². The lowest BCUT2D eigenvalue weighted by molar-refractivity contribution is -0.119. The minimum Gasteiger partial charge on any atom is -0.309 e. The molecule has 0 radical (unpaired) electrons. The summed E-state index contributed by atoms with van der Waals surface area (Å²) in [6.07, 6.45) is 3.35. The van der Waals surface area contributed by atoms with Crippen LogP contribution in [0.25, 0.3) is 22.3 Å². The molecule has 29 heavy (non-hydrogen) atoms. The normalized spacial score (nSPS) is 17.8. The number of likely N-dealkylation sites (tertiary alicyclic amines) is 1. The molecule has 4 rings (SSSR count). The Kier molecular flexibility index (Phi) is 5.04. The Morgan fingerprint density at radius 2 is 1.93 bits per heavy atom. The smallest absolute Gasteiger partial charge is 0.242 e. The zero-order chi connectivity index (χ0) is 20.8. The van der Waals surface area contributed by atoms with Gasteiger partial charge in [0.15, 0.2) is 5.65 Å². The minimum absolute atomic E-state index is 0.0458. The van der Waals surface area contributed by atoms with Gasteiger partial charge in [0.25, 0.3) is 0 Å². The summed E-state index contributed by atoms with van der Waals surface area (Å²) in [7, 11) is 1.98. The molecular weight excluding hydrogens is 388 g/mol. The number of aromatic nitrogens is 4. The van der Waals surface area contributed by atoms with Crippen LogP contribution in [0, 0.1) is 0 Å². The monoisotopic (exact) mass is 412 g/mol. The van der Waals surface area contributed by atoms with Crippen LogP contribution in [0.5, 0.6) is 0 Å². The molecule has 1 atom stereocenters. The predicted octanol–water partition coefficient (Wildman–Crippen LogP) is 3.93. The third kappa shape index (κ3) is 3.72. The summed E-state index contributed by atoms with van der Waals surface area (Å²) < 4.78 is 1.88. The van der Waals surface area contributed by atoms with Crippen molar-refractivity contribution in [2.75, 3.05) is 18.9 Å². The first-order valence-electron chi connectivity index (χ1n) is 9.77. The first-order valence-corrected chi connectivity index (χ1v) is 10.1. The Morgan fingerprint density at radius 1 is 1.21 bits per heavy atom. The number of hydrogen-bond donors (Lipinski definition) is 1. The van der Waals surface area contributed by atoms with Gasteiger partial charge in [-0.2, -0.15) is 5.10 Å². The summed E-state index contributed by atoms with van der Waals surface area (Å²) in [6.45, 7) is 7.13. The molecule has 2 aromatic heterocycles. The molecule has 152 valence electrons. The largest absolute Gasteiger partial charge is 0.309 e. The second kappa shape index (κ2) is 7.39. The number of amides is 1. The third-order valence-corrected chi connectivity index (χ3v) is 5.53. The van der Waals surface area contributed by atoms with E-state index in [4.69, 9.17) is 16.7 Å². The summed E-state index contributed by atoms with van der Waals surface area (Å²) in [5.41, 5.74) is 2.02. The van der Waals surface area contributed by atoms with Crippen molar-refractivity contribution in [3.05, 3.63) is 35.6 Å². The number of benzene rings is 1. The summed E-state index contributed by atoms with van der Waals surface area (Å²) in [5, 5.41) is 9.27. The first-order chi connectivity index (χ1) is 13.8. The molecule has 1 unspecified atom stereocenters. The van der Waals surface area contributed by atoms with Gasteiger partial charge in [-0.1, -0.05) is 23.7 Å². The second-order valence-electron chi connectivity index (χ2n) is 8.49. The topological polar surface area (TPSA) is 75.9 Å². The van der Waals surface area contributed by atoms with E-state index in [-0.39, 0.29) is 17.5 Å². The fourth-order valence-electron chi connectivity index (χ4n) is 3.77. The number of nitrogens with zero attached hydrogens (tertiary/aromatic N) is 5. The Morgan fingerprint density at radius 3 is 2.55 bits per heavy atom. The molecule has 3 heterocycles. The van der Waals surface area contributed by atoms with E-state index in [1.165, 1.54) is 6.33 Å². The highest BCUT2D eigenvalue weighted by molar-refractivity contribution is 6.30. The van der Waals surface area contributed by atoms with Gasteiger partial charge in [-0.15, -0.1) is 0 Å². The number of anilines is 1. The van der Waals surface area contributed by atoms with Crippen molar-refractivity contribution in [3.63, 3.8) is 0 Å². The number of hydrogen-bond acceptors (Lipinski definition) is 5. The predicted molar refractivity (Wildman–Crippen MR) is 115 cm³/mol. The van der Waals surface area contributed by atoms with Crippen LogP contribution in [-0.4, -0.2) is 50.2 Å². The zero-order valence-corrected chi connectivity index (χ0v) is 17.9. The van der Waals surface area contributed by atoms with E-state index in [0.29, 0.717) is 16.5 Å². The standard InChI is InChI=1S/C21H25ClN6O/c1-21(2,3)28-19-16(17(26-28)13-7-9-14(22)10-8-13)18(23-12-24-19)25-20(29)15-6-5-11-27(15)4/h7-10,12,15H,5-6,11H2,1-4H3,(H,23,24,25,29). The lowest BCUT2D eigenvalue weighted by Crippen LogP contribution is -2.37. The van der Waals surface area contributed by atoms with Gasteiger partial charge in [0.05, 0.1) is 17.0 Å². The molecule has 1 aromatic carbocycles. The third-order valence-electron chi connectivity index (χ3n) is 5.28. The van der Waals surface area contributed by atoms with Crippen molar-refractivity contribution in [2.45, 2.75) is 45.2 Å². The highest BCUT2D eigenvalue weighted by Crippen LogP contribution is 2.34. The minimum atomic E-state index is -0.287. The van der Waals surface area contributed by atoms with Gasteiger partial charge < -0.3 is 5.32 Å². The number of halogens is 1. The number of fused-ring (bicyclic) bond motifs is 1. The van der Waals surface area contributed by atoms with Crippen LogP contribution >= 0.6 is 11.6 Å². The van der Waals surface area contributed by atoms with Gasteiger partial charge in [0, 0.05) is 10.6 Å². The average molecular weight is 413 g/mol. The second-order valence-corrected chi connectivity index (χ2v) is 8.92. The number of carbonyl (C=O) groups is 1. The molecule has 0 saturated carbocycles. The molecule has 1 fully saturated rings. The van der Waals surface area contributed by atoms with E-state index < -0.39 is 0 Å². The Balaban J connectivity index is 1.86. The summed E-state index contributed by atoms with van der Waals surface area (Å²) in [4.78, 5) is 23.9. The molecule has 7 nitrogen and oxygen atoms in total. The highest BCUT2D eigenvalue weighted by atomic mass is 35.5. The molecule has 8 heteroatoms. The van der Waals surface area contributed by atoms with Gasteiger partial charge in [0.1, 0.15) is 17.8 Å². The summed E-state index contributed by atoms with van der Waals surface area (Å²) in [5.74, 6) is 0.441. The molecule has 1 N–H and O–H groups in total. The molecule has 1 saturated heterocycles. The maximum absolute atomic E-state index is 12.9. The molecule has 1 aliphatic rings. The van der Waals surface area contributed by atoms with Gasteiger partial charge in [-0.3, -0.25) is 9.69 Å². The lowest BCUT2D eigenvalue weighted by Gasteiger charge is -2.20. The zero-order valence-electron chi connectivity index (χ0n) is 17.1. The fraction of sp³-hybridized carbons (Fsp3) is 0.429.